The number of carbonyl (C=O) groups excluding carboxylic acids is 1. The molecule has 4 rings (SSSR count). The van der Waals surface area contributed by atoms with Crippen molar-refractivity contribution in [3.05, 3.63) is 76.1 Å². The largest absolute Gasteiger partial charge is 0.465 e. The Morgan fingerprint density at radius 1 is 1.17 bits per heavy atom. The number of ether oxygens (including phenoxy) is 1. The molecular weight excluding hydrogens is 386 g/mol. The van der Waals surface area contributed by atoms with E-state index < -0.39 is 10.9 Å². The SMILES string of the molecule is COC(=O)c1ccccc1Nc1ncnc(N2CCCc3ccccc32)c1[N+](=O)[O-]. The fourth-order valence-electron chi connectivity index (χ4n) is 3.59. The van der Waals surface area contributed by atoms with Crippen LogP contribution in [0.1, 0.15) is 22.3 Å². The standard InChI is InChI=1S/C21H19N5O4/c1-30-21(27)15-9-3-4-10-16(15)24-19-18(26(28)29)20(23-13-22-19)25-12-6-8-14-7-2-5-11-17(14)25/h2-5,7,9-11,13H,6,8,12H2,1H3,(H,22,23,24). The average molecular weight is 405 g/mol. The molecule has 0 bridgehead atoms. The van der Waals surface area contributed by atoms with Gasteiger partial charge in [-0.05, 0) is 36.6 Å². The Morgan fingerprint density at radius 3 is 2.73 bits per heavy atom. The van der Waals surface area contributed by atoms with Crippen LogP contribution in [0.25, 0.3) is 0 Å². The van der Waals surface area contributed by atoms with Crippen LogP contribution in [0.4, 0.5) is 28.7 Å². The van der Waals surface area contributed by atoms with Crippen molar-refractivity contribution in [1.29, 1.82) is 0 Å². The van der Waals surface area contributed by atoms with Crippen LogP contribution in [-0.2, 0) is 11.2 Å². The van der Waals surface area contributed by atoms with E-state index >= 15 is 0 Å². The molecule has 9 heteroatoms. The molecule has 0 atom stereocenters. The lowest BCUT2D eigenvalue weighted by atomic mass is 10.0. The molecule has 9 nitrogen and oxygen atoms in total. The van der Waals surface area contributed by atoms with Gasteiger partial charge in [0.15, 0.2) is 0 Å². The number of nitrogens with one attached hydrogen (secondary N) is 1. The van der Waals surface area contributed by atoms with Gasteiger partial charge >= 0.3 is 11.7 Å². The Bertz CT molecular complexity index is 1120. The maximum absolute atomic E-state index is 12.1. The number of para-hydroxylation sites is 2. The van der Waals surface area contributed by atoms with E-state index in [0.29, 0.717) is 12.2 Å². The number of benzene rings is 2. The van der Waals surface area contributed by atoms with Gasteiger partial charge < -0.3 is 15.0 Å². The summed E-state index contributed by atoms with van der Waals surface area (Å²) in [6.45, 7) is 0.604. The van der Waals surface area contributed by atoms with Gasteiger partial charge in [0, 0.05) is 12.2 Å². The first kappa shape index (κ1) is 19.3. The molecule has 1 aliphatic heterocycles. The van der Waals surface area contributed by atoms with Crippen LogP contribution in [0, 0.1) is 10.1 Å². The lowest BCUT2D eigenvalue weighted by Gasteiger charge is -2.30. The summed E-state index contributed by atoms with van der Waals surface area (Å²) in [6, 6.07) is 14.4. The molecule has 1 N–H and O–H groups in total. The summed E-state index contributed by atoms with van der Waals surface area (Å²) in [6.07, 6.45) is 3.04. The number of hydrogen-bond donors (Lipinski definition) is 1. The number of hydrogen-bond acceptors (Lipinski definition) is 8. The number of carbonyl (C=O) groups is 1. The minimum absolute atomic E-state index is 0.00408. The van der Waals surface area contributed by atoms with Crippen molar-refractivity contribution in [3.8, 4) is 0 Å². The van der Waals surface area contributed by atoms with Crippen molar-refractivity contribution in [2.75, 3.05) is 23.9 Å². The molecule has 2 aromatic carbocycles. The number of esters is 1. The number of nitro groups is 1. The lowest BCUT2D eigenvalue weighted by molar-refractivity contribution is -0.383. The molecule has 3 aromatic rings. The van der Waals surface area contributed by atoms with Crippen molar-refractivity contribution >= 4 is 34.7 Å². The van der Waals surface area contributed by atoms with Gasteiger partial charge in [0.05, 0.1) is 23.3 Å². The Hall–Kier alpha value is -4.01. The number of fused-ring (bicyclic) bond motifs is 1. The third-order valence-electron chi connectivity index (χ3n) is 4.94. The second-order valence-corrected chi connectivity index (χ2v) is 6.70. The van der Waals surface area contributed by atoms with Gasteiger partial charge in [-0.2, -0.15) is 0 Å². The Morgan fingerprint density at radius 2 is 1.93 bits per heavy atom. The van der Waals surface area contributed by atoms with E-state index in [0.717, 1.165) is 24.1 Å². The van der Waals surface area contributed by atoms with E-state index in [1.807, 2.05) is 29.2 Å². The third kappa shape index (κ3) is 3.52. The fraction of sp³-hybridized carbons (Fsp3) is 0.190. The van der Waals surface area contributed by atoms with Gasteiger partial charge in [0.2, 0.25) is 11.6 Å². The molecule has 152 valence electrons. The molecule has 1 aromatic heterocycles. The fourth-order valence-corrected chi connectivity index (χ4v) is 3.59. The molecule has 0 unspecified atom stereocenters. The molecular formula is C21H19N5O4. The second-order valence-electron chi connectivity index (χ2n) is 6.70. The van der Waals surface area contributed by atoms with Crippen molar-refractivity contribution in [2.24, 2.45) is 0 Å². The maximum Gasteiger partial charge on any atom is 0.354 e. The first-order valence-corrected chi connectivity index (χ1v) is 9.39. The Balaban J connectivity index is 1.80. The van der Waals surface area contributed by atoms with Crippen LogP contribution in [0.5, 0.6) is 0 Å². The molecule has 0 fully saturated rings. The zero-order valence-electron chi connectivity index (χ0n) is 16.2. The minimum atomic E-state index is -0.556. The lowest BCUT2D eigenvalue weighted by Crippen LogP contribution is -2.26. The molecule has 1 aliphatic rings. The zero-order valence-corrected chi connectivity index (χ0v) is 16.2. The van der Waals surface area contributed by atoms with E-state index in [1.54, 1.807) is 24.3 Å². The summed E-state index contributed by atoms with van der Waals surface area (Å²) >= 11 is 0. The van der Waals surface area contributed by atoms with Crippen molar-refractivity contribution in [1.82, 2.24) is 9.97 Å². The minimum Gasteiger partial charge on any atom is -0.465 e. The number of aromatic nitrogens is 2. The smallest absolute Gasteiger partial charge is 0.354 e. The normalized spacial score (nSPS) is 12.8. The van der Waals surface area contributed by atoms with E-state index in [-0.39, 0.29) is 22.9 Å². The average Bonchev–Trinajstić information content (AvgIpc) is 2.78. The Kier molecular flexibility index (Phi) is 5.25. The molecule has 0 aliphatic carbocycles. The van der Waals surface area contributed by atoms with Crippen LogP contribution < -0.4 is 10.2 Å². The van der Waals surface area contributed by atoms with Crippen molar-refractivity contribution in [2.45, 2.75) is 12.8 Å². The first-order valence-electron chi connectivity index (χ1n) is 9.39. The molecule has 30 heavy (non-hydrogen) atoms. The number of nitrogens with zero attached hydrogens (tertiary/aromatic N) is 4. The van der Waals surface area contributed by atoms with Gasteiger partial charge in [-0.1, -0.05) is 30.3 Å². The quantitative estimate of drug-likeness (QED) is 0.385. The van der Waals surface area contributed by atoms with Gasteiger partial charge in [-0.25, -0.2) is 14.8 Å². The van der Waals surface area contributed by atoms with Crippen LogP contribution in [0.15, 0.2) is 54.9 Å². The van der Waals surface area contributed by atoms with E-state index in [1.165, 1.54) is 13.4 Å². The molecule has 0 amide bonds. The van der Waals surface area contributed by atoms with Crippen LogP contribution in [0.3, 0.4) is 0 Å². The number of methoxy groups -OCH3 is 1. The predicted molar refractivity (Wildman–Crippen MR) is 112 cm³/mol. The Labute approximate surface area is 172 Å². The van der Waals surface area contributed by atoms with Crippen molar-refractivity contribution < 1.29 is 14.5 Å². The van der Waals surface area contributed by atoms with Crippen LogP contribution in [-0.4, -0.2) is 34.5 Å². The number of anilines is 4. The monoisotopic (exact) mass is 405 g/mol. The maximum atomic E-state index is 12.1. The predicted octanol–water partition coefficient (Wildman–Crippen LogP) is 4.00. The third-order valence-corrected chi connectivity index (χ3v) is 4.94. The molecule has 0 saturated carbocycles. The summed E-state index contributed by atoms with van der Waals surface area (Å²) in [7, 11) is 1.28. The highest BCUT2D eigenvalue weighted by Crippen LogP contribution is 2.40. The second kappa shape index (κ2) is 8.16. The summed E-state index contributed by atoms with van der Waals surface area (Å²) in [5, 5.41) is 15.0. The van der Waals surface area contributed by atoms with E-state index in [4.69, 9.17) is 4.74 Å². The molecule has 2 heterocycles. The molecule has 0 spiro atoms. The van der Waals surface area contributed by atoms with E-state index in [2.05, 4.69) is 15.3 Å². The van der Waals surface area contributed by atoms with E-state index in [9.17, 15) is 14.9 Å². The van der Waals surface area contributed by atoms with Gasteiger partial charge in [0.1, 0.15) is 6.33 Å². The highest BCUT2D eigenvalue weighted by molar-refractivity contribution is 5.97. The van der Waals surface area contributed by atoms with Gasteiger partial charge in [-0.3, -0.25) is 10.1 Å². The van der Waals surface area contributed by atoms with Crippen LogP contribution in [0.2, 0.25) is 0 Å². The van der Waals surface area contributed by atoms with Crippen molar-refractivity contribution in [3.63, 3.8) is 0 Å². The molecule has 0 saturated heterocycles. The topological polar surface area (TPSA) is 110 Å². The number of rotatable bonds is 5. The molecule has 0 radical (unpaired) electrons. The van der Waals surface area contributed by atoms with Crippen LogP contribution >= 0.6 is 0 Å². The summed E-state index contributed by atoms with van der Waals surface area (Å²) in [5.41, 5.74) is 2.36. The summed E-state index contributed by atoms with van der Waals surface area (Å²) < 4.78 is 4.80. The zero-order chi connectivity index (χ0) is 21.1. The first-order chi connectivity index (χ1) is 14.6. The van der Waals surface area contributed by atoms with Gasteiger partial charge in [-0.15, -0.1) is 0 Å². The highest BCUT2D eigenvalue weighted by Gasteiger charge is 2.30. The highest BCUT2D eigenvalue weighted by atomic mass is 16.6. The van der Waals surface area contributed by atoms with Gasteiger partial charge in [0.25, 0.3) is 0 Å². The summed E-state index contributed by atoms with van der Waals surface area (Å²) in [4.78, 5) is 33.8. The number of aryl methyl sites for hydroxylation is 1. The summed E-state index contributed by atoms with van der Waals surface area (Å²) in [5.74, 6) is -0.343.